The maximum atomic E-state index is 12.5. The van der Waals surface area contributed by atoms with Crippen LogP contribution < -0.4 is 4.90 Å². The zero-order valence-corrected chi connectivity index (χ0v) is 14.5. The lowest BCUT2D eigenvalue weighted by Crippen LogP contribution is -2.36. The predicted octanol–water partition coefficient (Wildman–Crippen LogP) is 3.84. The third-order valence-electron chi connectivity index (χ3n) is 3.59. The number of hydrogen-bond acceptors (Lipinski definition) is 3. The van der Waals surface area contributed by atoms with Crippen LogP contribution in [0.2, 0.25) is 0 Å². The highest BCUT2D eigenvalue weighted by molar-refractivity contribution is 6.58. The molecular formula is C15H14Cl3NO3. The largest absolute Gasteiger partial charge is 0.467 e. The number of amides is 1. The van der Waals surface area contributed by atoms with Crippen molar-refractivity contribution in [3.63, 3.8) is 0 Å². The number of esters is 1. The van der Waals surface area contributed by atoms with Crippen LogP contribution in [0.1, 0.15) is 17.5 Å². The quantitative estimate of drug-likeness (QED) is 0.593. The van der Waals surface area contributed by atoms with Gasteiger partial charge in [0.25, 0.3) is 0 Å². The average molecular weight is 363 g/mol. The number of carbonyl (C=O) groups is 2. The van der Waals surface area contributed by atoms with Crippen LogP contribution in [-0.4, -0.2) is 23.9 Å². The van der Waals surface area contributed by atoms with E-state index in [0.29, 0.717) is 5.69 Å². The first kappa shape index (κ1) is 17.1. The molecule has 7 heteroatoms. The number of nitrogens with zero attached hydrogens (tertiary/aromatic N) is 1. The molecule has 1 aromatic carbocycles. The number of rotatable bonds is 2. The second-order valence-corrected chi connectivity index (χ2v) is 6.64. The molecule has 1 fully saturated rings. The molecule has 1 saturated heterocycles. The molecule has 0 radical (unpaired) electrons. The van der Waals surface area contributed by atoms with Gasteiger partial charge in [0.15, 0.2) is 4.87 Å². The van der Waals surface area contributed by atoms with Gasteiger partial charge < -0.3 is 4.74 Å². The second-order valence-electron chi connectivity index (χ2n) is 5.05. The van der Waals surface area contributed by atoms with E-state index in [-0.39, 0.29) is 22.5 Å². The third-order valence-corrected chi connectivity index (χ3v) is 4.42. The predicted molar refractivity (Wildman–Crippen MR) is 87.4 cm³/mol. The van der Waals surface area contributed by atoms with Gasteiger partial charge >= 0.3 is 5.97 Å². The molecule has 0 spiro atoms. The first-order chi connectivity index (χ1) is 10.2. The van der Waals surface area contributed by atoms with Gasteiger partial charge in [0.05, 0.1) is 24.9 Å². The lowest BCUT2D eigenvalue weighted by molar-refractivity contribution is -0.143. The molecule has 22 heavy (non-hydrogen) atoms. The van der Waals surface area contributed by atoms with Crippen LogP contribution in [-0.2, 0) is 14.3 Å². The molecule has 1 aliphatic rings. The number of methoxy groups -OCH3 is 1. The summed E-state index contributed by atoms with van der Waals surface area (Å²) in [6.45, 7) is 3.70. The lowest BCUT2D eigenvalue weighted by atomic mass is 10.0. The maximum Gasteiger partial charge on any atom is 0.333 e. The zero-order valence-electron chi connectivity index (χ0n) is 12.2. The molecule has 1 aromatic rings. The van der Waals surface area contributed by atoms with Crippen LogP contribution in [0.15, 0.2) is 28.4 Å². The maximum absolute atomic E-state index is 12.5. The molecule has 1 atom stereocenters. The van der Waals surface area contributed by atoms with E-state index in [4.69, 9.17) is 39.5 Å². The molecule has 0 aliphatic carbocycles. The van der Waals surface area contributed by atoms with Gasteiger partial charge in [-0.1, -0.05) is 53.0 Å². The normalized spacial score (nSPS) is 21.3. The SMILES string of the molecule is COC(=O)C1(Cl)CC(=O)N(c2c(C)cccc2C)C1=C(Cl)Cl. The number of alkyl halides is 1. The minimum Gasteiger partial charge on any atom is -0.467 e. The fraction of sp³-hybridized carbons (Fsp3) is 0.333. The summed E-state index contributed by atoms with van der Waals surface area (Å²) >= 11 is 18.2. The molecule has 0 saturated carbocycles. The molecular weight excluding hydrogens is 349 g/mol. The van der Waals surface area contributed by atoms with Gasteiger partial charge in [-0.3, -0.25) is 9.69 Å². The molecule has 0 bridgehead atoms. The zero-order chi connectivity index (χ0) is 16.7. The Labute approximate surface area is 143 Å². The van der Waals surface area contributed by atoms with Crippen molar-refractivity contribution in [1.82, 2.24) is 0 Å². The lowest BCUT2D eigenvalue weighted by Gasteiger charge is -2.26. The minimum absolute atomic E-state index is 0.0340. The van der Waals surface area contributed by atoms with Crippen molar-refractivity contribution >= 4 is 52.4 Å². The van der Waals surface area contributed by atoms with Crippen LogP contribution >= 0.6 is 34.8 Å². The van der Waals surface area contributed by atoms with E-state index in [2.05, 4.69) is 0 Å². The van der Waals surface area contributed by atoms with Crippen molar-refractivity contribution < 1.29 is 14.3 Å². The summed E-state index contributed by atoms with van der Waals surface area (Å²) in [6, 6.07) is 5.57. The highest BCUT2D eigenvalue weighted by atomic mass is 35.5. The highest BCUT2D eigenvalue weighted by Gasteiger charge is 2.55. The molecule has 1 aliphatic heterocycles. The summed E-state index contributed by atoms with van der Waals surface area (Å²) in [5, 5.41) is 0. The smallest absolute Gasteiger partial charge is 0.333 e. The van der Waals surface area contributed by atoms with Gasteiger partial charge in [-0.15, -0.1) is 0 Å². The molecule has 2 rings (SSSR count). The van der Waals surface area contributed by atoms with Crippen molar-refractivity contribution in [1.29, 1.82) is 0 Å². The summed E-state index contributed by atoms with van der Waals surface area (Å²) in [5.74, 6) is -1.14. The standard InChI is InChI=1S/C15H14Cl3NO3/c1-8-5-4-6-9(2)11(8)19-10(20)7-15(18,14(21)22-3)12(19)13(16)17/h4-6H,7H2,1-3H3. The summed E-state index contributed by atoms with van der Waals surface area (Å²) in [7, 11) is 1.19. The van der Waals surface area contributed by atoms with Gasteiger partial charge in [0.2, 0.25) is 5.91 Å². The summed E-state index contributed by atoms with van der Waals surface area (Å²) in [5.41, 5.74) is 2.33. The van der Waals surface area contributed by atoms with Crippen molar-refractivity contribution in [2.45, 2.75) is 25.1 Å². The van der Waals surface area contributed by atoms with Crippen molar-refractivity contribution in [3.05, 3.63) is 39.5 Å². The monoisotopic (exact) mass is 361 g/mol. The number of hydrogen-bond donors (Lipinski definition) is 0. The van der Waals surface area contributed by atoms with E-state index in [0.717, 1.165) is 11.1 Å². The van der Waals surface area contributed by atoms with Gasteiger partial charge in [-0.25, -0.2) is 4.79 Å². The Kier molecular flexibility index (Phi) is 4.76. The van der Waals surface area contributed by atoms with Crippen LogP contribution in [0.3, 0.4) is 0 Å². The first-order valence-corrected chi connectivity index (χ1v) is 7.59. The number of anilines is 1. The highest BCUT2D eigenvalue weighted by Crippen LogP contribution is 2.47. The van der Waals surface area contributed by atoms with Crippen LogP contribution in [0.25, 0.3) is 0 Å². The fourth-order valence-corrected chi connectivity index (χ4v) is 3.59. The Morgan fingerprint density at radius 3 is 2.27 bits per heavy atom. The van der Waals surface area contributed by atoms with E-state index < -0.39 is 10.8 Å². The summed E-state index contributed by atoms with van der Waals surface area (Å²) in [4.78, 5) is 24.2. The van der Waals surface area contributed by atoms with E-state index in [1.165, 1.54) is 12.0 Å². The Morgan fingerprint density at radius 2 is 1.82 bits per heavy atom. The molecule has 1 heterocycles. The Balaban J connectivity index is 2.70. The van der Waals surface area contributed by atoms with Gasteiger partial charge in [-0.2, -0.15) is 0 Å². The Bertz CT molecular complexity index is 662. The molecule has 1 unspecified atom stereocenters. The van der Waals surface area contributed by atoms with Crippen LogP contribution in [0, 0.1) is 13.8 Å². The minimum atomic E-state index is -1.72. The van der Waals surface area contributed by atoms with Crippen molar-refractivity contribution in [2.24, 2.45) is 0 Å². The third kappa shape index (κ3) is 2.60. The van der Waals surface area contributed by atoms with Crippen LogP contribution in [0.4, 0.5) is 5.69 Å². The number of aryl methyl sites for hydroxylation is 2. The molecule has 0 N–H and O–H groups in total. The van der Waals surface area contributed by atoms with Crippen molar-refractivity contribution in [2.75, 3.05) is 12.0 Å². The molecule has 118 valence electrons. The second kappa shape index (κ2) is 6.11. The molecule has 0 aromatic heterocycles. The van der Waals surface area contributed by atoms with E-state index in [1.54, 1.807) is 0 Å². The van der Waals surface area contributed by atoms with Crippen molar-refractivity contribution in [3.8, 4) is 0 Å². The summed E-state index contributed by atoms with van der Waals surface area (Å²) in [6.07, 6.45) is -0.271. The fourth-order valence-electron chi connectivity index (χ4n) is 2.63. The van der Waals surface area contributed by atoms with E-state index in [1.807, 2.05) is 32.0 Å². The number of halogens is 3. The number of para-hydroxylation sites is 1. The van der Waals surface area contributed by atoms with Crippen LogP contribution in [0.5, 0.6) is 0 Å². The van der Waals surface area contributed by atoms with E-state index in [9.17, 15) is 9.59 Å². The number of benzene rings is 1. The van der Waals surface area contributed by atoms with Gasteiger partial charge in [0.1, 0.15) is 4.49 Å². The number of ether oxygens (including phenoxy) is 1. The van der Waals surface area contributed by atoms with Gasteiger partial charge in [-0.05, 0) is 25.0 Å². The first-order valence-electron chi connectivity index (χ1n) is 6.46. The molecule has 1 amide bonds. The van der Waals surface area contributed by atoms with Gasteiger partial charge in [0, 0.05) is 0 Å². The topological polar surface area (TPSA) is 46.6 Å². The summed E-state index contributed by atoms with van der Waals surface area (Å²) < 4.78 is 4.47. The Morgan fingerprint density at radius 1 is 1.27 bits per heavy atom. The molecule has 4 nitrogen and oxygen atoms in total. The average Bonchev–Trinajstić information content (AvgIpc) is 2.70. The number of carbonyl (C=O) groups excluding carboxylic acids is 2. The van der Waals surface area contributed by atoms with E-state index >= 15 is 0 Å². The Hall–Kier alpha value is -1.23.